The van der Waals surface area contributed by atoms with E-state index in [-0.39, 0.29) is 27.8 Å². The highest BCUT2D eigenvalue weighted by Gasteiger charge is 2.22. The summed E-state index contributed by atoms with van der Waals surface area (Å²) in [7, 11) is -3.94. The Hall–Kier alpha value is -2.87. The number of furan rings is 1. The topological polar surface area (TPSA) is 85.6 Å². The van der Waals surface area contributed by atoms with Crippen LogP contribution >= 0.6 is 0 Å². The van der Waals surface area contributed by atoms with Crippen LogP contribution in [0.1, 0.15) is 35.5 Å². The Morgan fingerprint density at radius 1 is 1.14 bits per heavy atom. The minimum Gasteiger partial charge on any atom is -0.460 e. The lowest BCUT2D eigenvalue weighted by Crippen LogP contribution is -2.14. The first kappa shape index (κ1) is 19.9. The van der Waals surface area contributed by atoms with Gasteiger partial charge in [0.2, 0.25) is 0 Å². The quantitative estimate of drug-likeness (QED) is 0.629. The molecule has 3 aromatic rings. The highest BCUT2D eigenvalue weighted by atomic mass is 32.2. The second kappa shape index (κ2) is 7.27. The zero-order chi connectivity index (χ0) is 20.6. The van der Waals surface area contributed by atoms with Crippen LogP contribution < -0.4 is 4.72 Å². The third-order valence-electron chi connectivity index (χ3n) is 4.09. The Kier molecular flexibility index (Phi) is 5.16. The van der Waals surface area contributed by atoms with E-state index in [0.717, 1.165) is 12.1 Å². The van der Waals surface area contributed by atoms with E-state index in [0.29, 0.717) is 16.7 Å². The van der Waals surface area contributed by atoms with E-state index in [1.54, 1.807) is 26.8 Å². The van der Waals surface area contributed by atoms with E-state index in [1.165, 1.54) is 25.1 Å². The molecule has 0 saturated heterocycles. The summed E-state index contributed by atoms with van der Waals surface area (Å²) in [6.07, 6.45) is -0.306. The van der Waals surface area contributed by atoms with Crippen molar-refractivity contribution in [1.82, 2.24) is 0 Å². The highest BCUT2D eigenvalue weighted by Crippen LogP contribution is 2.30. The fourth-order valence-electron chi connectivity index (χ4n) is 2.93. The number of ether oxygens (including phenoxy) is 1. The average Bonchev–Trinajstić information content (AvgIpc) is 2.88. The van der Waals surface area contributed by atoms with E-state index in [1.807, 2.05) is 0 Å². The van der Waals surface area contributed by atoms with Crippen LogP contribution in [-0.2, 0) is 14.8 Å². The maximum Gasteiger partial charge on any atom is 0.342 e. The second-order valence-electron chi connectivity index (χ2n) is 6.71. The number of anilines is 1. The summed E-state index contributed by atoms with van der Waals surface area (Å²) in [6, 6.07) is 8.06. The lowest BCUT2D eigenvalue weighted by Gasteiger charge is -2.11. The lowest BCUT2D eigenvalue weighted by atomic mass is 10.1. The number of hydrogen-bond donors (Lipinski definition) is 1. The summed E-state index contributed by atoms with van der Waals surface area (Å²) in [6.45, 7) is 6.63. The number of carbonyl (C=O) groups is 1. The van der Waals surface area contributed by atoms with Crippen molar-refractivity contribution < 1.29 is 26.8 Å². The van der Waals surface area contributed by atoms with Gasteiger partial charge in [0.15, 0.2) is 0 Å². The first-order chi connectivity index (χ1) is 13.1. The number of sulfonamides is 1. The molecule has 0 aliphatic rings. The number of fused-ring (bicyclic) bond motifs is 1. The van der Waals surface area contributed by atoms with Crippen molar-refractivity contribution in [2.24, 2.45) is 0 Å². The molecule has 1 heterocycles. The number of benzene rings is 2. The molecule has 1 aromatic heterocycles. The summed E-state index contributed by atoms with van der Waals surface area (Å²) in [5.74, 6) is -0.671. The minimum absolute atomic E-state index is 0.0307. The van der Waals surface area contributed by atoms with E-state index in [9.17, 15) is 17.6 Å². The third kappa shape index (κ3) is 3.87. The molecule has 2 aromatic carbocycles. The fraction of sp³-hybridized carbons (Fsp3) is 0.250. The fourth-order valence-corrected chi connectivity index (χ4v) is 4.21. The molecule has 28 heavy (non-hydrogen) atoms. The zero-order valence-corrected chi connectivity index (χ0v) is 16.7. The van der Waals surface area contributed by atoms with Gasteiger partial charge in [-0.05, 0) is 69.7 Å². The molecule has 0 atom stereocenters. The molecule has 8 heteroatoms. The standard InChI is InChI=1S/C20H20FNO5S/c1-11(2)26-20(23)19-13(4)27-17-7-6-15(10-16(17)19)22-28(24,25)18-8-5-14(21)9-12(18)3/h5-11,22H,1-4H3. The normalized spacial score (nSPS) is 11.8. The van der Waals surface area contributed by atoms with Crippen LogP contribution in [0, 0.1) is 19.7 Å². The Balaban J connectivity index is 2.01. The van der Waals surface area contributed by atoms with Crippen molar-refractivity contribution >= 4 is 32.6 Å². The van der Waals surface area contributed by atoms with Gasteiger partial charge < -0.3 is 9.15 Å². The molecular weight excluding hydrogens is 385 g/mol. The number of esters is 1. The molecular formula is C20H20FNO5S. The zero-order valence-electron chi connectivity index (χ0n) is 15.9. The Bertz CT molecular complexity index is 1160. The molecule has 3 rings (SSSR count). The van der Waals surface area contributed by atoms with E-state index >= 15 is 0 Å². The molecule has 6 nitrogen and oxygen atoms in total. The molecule has 0 unspecified atom stereocenters. The molecule has 0 amide bonds. The molecule has 0 radical (unpaired) electrons. The van der Waals surface area contributed by atoms with Crippen LogP contribution in [0.5, 0.6) is 0 Å². The number of nitrogens with one attached hydrogen (secondary N) is 1. The van der Waals surface area contributed by atoms with Crippen molar-refractivity contribution in [1.29, 1.82) is 0 Å². The number of hydrogen-bond acceptors (Lipinski definition) is 5. The third-order valence-corrected chi connectivity index (χ3v) is 5.63. The van der Waals surface area contributed by atoms with Crippen LogP contribution in [-0.4, -0.2) is 20.5 Å². The predicted molar refractivity (Wildman–Crippen MR) is 103 cm³/mol. The highest BCUT2D eigenvalue weighted by molar-refractivity contribution is 7.92. The summed E-state index contributed by atoms with van der Waals surface area (Å²) < 4.78 is 52.0. The van der Waals surface area contributed by atoms with Gasteiger partial charge in [0.1, 0.15) is 22.7 Å². The molecule has 0 bridgehead atoms. The van der Waals surface area contributed by atoms with E-state index < -0.39 is 21.8 Å². The van der Waals surface area contributed by atoms with Crippen LogP contribution in [0.3, 0.4) is 0 Å². The monoisotopic (exact) mass is 405 g/mol. The smallest absolute Gasteiger partial charge is 0.342 e. The first-order valence-electron chi connectivity index (χ1n) is 8.61. The van der Waals surface area contributed by atoms with E-state index in [2.05, 4.69) is 4.72 Å². The molecule has 1 N–H and O–H groups in total. The van der Waals surface area contributed by atoms with Gasteiger partial charge in [0.25, 0.3) is 10.0 Å². The molecule has 0 fully saturated rings. The van der Waals surface area contributed by atoms with Crippen molar-refractivity contribution in [2.45, 2.75) is 38.7 Å². The van der Waals surface area contributed by atoms with Crippen molar-refractivity contribution in [3.05, 3.63) is 59.1 Å². The summed E-state index contributed by atoms with van der Waals surface area (Å²) in [4.78, 5) is 12.4. The number of halogens is 1. The van der Waals surface area contributed by atoms with Gasteiger partial charge in [0, 0.05) is 11.1 Å². The SMILES string of the molecule is Cc1cc(F)ccc1S(=O)(=O)Nc1ccc2oc(C)c(C(=O)OC(C)C)c2c1. The molecule has 148 valence electrons. The number of aryl methyl sites for hydroxylation is 2. The van der Waals surface area contributed by atoms with Gasteiger partial charge >= 0.3 is 5.97 Å². The molecule has 0 aliphatic heterocycles. The second-order valence-corrected chi connectivity index (χ2v) is 8.36. The summed E-state index contributed by atoms with van der Waals surface area (Å²) >= 11 is 0. The predicted octanol–water partition coefficient (Wildman–Crippen LogP) is 4.55. The average molecular weight is 405 g/mol. The van der Waals surface area contributed by atoms with Gasteiger partial charge in [-0.3, -0.25) is 4.72 Å². The summed E-state index contributed by atoms with van der Waals surface area (Å²) in [5.41, 5.74) is 1.22. The molecule has 0 saturated carbocycles. The Labute approximate surface area is 162 Å². The number of carbonyl (C=O) groups excluding carboxylic acids is 1. The van der Waals surface area contributed by atoms with Crippen molar-refractivity contribution in [3.63, 3.8) is 0 Å². The van der Waals surface area contributed by atoms with Crippen LogP contribution in [0.25, 0.3) is 11.0 Å². The lowest BCUT2D eigenvalue weighted by molar-refractivity contribution is 0.0378. The van der Waals surface area contributed by atoms with Gasteiger partial charge in [-0.1, -0.05) is 0 Å². The van der Waals surface area contributed by atoms with E-state index in [4.69, 9.17) is 9.15 Å². The number of rotatable bonds is 5. The van der Waals surface area contributed by atoms with Crippen LogP contribution in [0.4, 0.5) is 10.1 Å². The van der Waals surface area contributed by atoms with Gasteiger partial charge in [0.05, 0.1) is 11.0 Å². The largest absolute Gasteiger partial charge is 0.460 e. The van der Waals surface area contributed by atoms with Crippen LogP contribution in [0.15, 0.2) is 45.7 Å². The maximum absolute atomic E-state index is 13.3. The van der Waals surface area contributed by atoms with Crippen LogP contribution in [0.2, 0.25) is 0 Å². The molecule has 0 spiro atoms. The van der Waals surface area contributed by atoms with Crippen molar-refractivity contribution in [3.8, 4) is 0 Å². The Morgan fingerprint density at radius 2 is 1.86 bits per heavy atom. The first-order valence-corrected chi connectivity index (χ1v) is 10.1. The van der Waals surface area contributed by atoms with Gasteiger partial charge in [-0.15, -0.1) is 0 Å². The minimum atomic E-state index is -3.94. The Morgan fingerprint density at radius 3 is 2.50 bits per heavy atom. The maximum atomic E-state index is 13.3. The van der Waals surface area contributed by atoms with Crippen molar-refractivity contribution in [2.75, 3.05) is 4.72 Å². The summed E-state index contributed by atoms with van der Waals surface area (Å²) in [5, 5.41) is 0.444. The molecule has 0 aliphatic carbocycles. The van der Waals surface area contributed by atoms with Gasteiger partial charge in [-0.25, -0.2) is 17.6 Å². The van der Waals surface area contributed by atoms with Gasteiger partial charge in [-0.2, -0.15) is 0 Å².